The summed E-state index contributed by atoms with van der Waals surface area (Å²) in [4.78, 5) is 56.3. The Balaban J connectivity index is 2.26. The van der Waals surface area contributed by atoms with Gasteiger partial charge in [0, 0.05) is 19.6 Å². The molecule has 0 aromatic carbocycles. The highest BCUT2D eigenvalue weighted by molar-refractivity contribution is 5.94. The first-order valence-electron chi connectivity index (χ1n) is 11.3. The molecule has 2 N–H and O–H groups in total. The number of hydrogen-bond donors (Lipinski definition) is 2. The predicted molar refractivity (Wildman–Crippen MR) is 116 cm³/mol. The number of alkyl halides is 3. The van der Waals surface area contributed by atoms with Crippen LogP contribution in [0.1, 0.15) is 53.4 Å². The fourth-order valence-corrected chi connectivity index (χ4v) is 4.67. The third-order valence-corrected chi connectivity index (χ3v) is 6.56. The summed E-state index contributed by atoms with van der Waals surface area (Å²) in [5, 5.41) is 4.52. The molecule has 2 fully saturated rings. The lowest BCUT2D eigenvalue weighted by atomic mass is 9.83. The zero-order chi connectivity index (χ0) is 26.0. The van der Waals surface area contributed by atoms with E-state index < -0.39 is 47.6 Å². The third kappa shape index (κ3) is 5.62. The summed E-state index contributed by atoms with van der Waals surface area (Å²) in [6.45, 7) is 14.3. The van der Waals surface area contributed by atoms with Crippen LogP contribution in [-0.2, 0) is 19.2 Å². The molecular formula is C22H32F3N5O4. The Kier molecular flexibility index (Phi) is 8.22. The van der Waals surface area contributed by atoms with Crippen LogP contribution in [0, 0.1) is 17.9 Å². The van der Waals surface area contributed by atoms with Crippen molar-refractivity contribution in [3.05, 3.63) is 11.4 Å². The summed E-state index contributed by atoms with van der Waals surface area (Å²) in [6.07, 6.45) is -4.42. The number of rotatable bonds is 7. The zero-order valence-corrected chi connectivity index (χ0v) is 20.0. The van der Waals surface area contributed by atoms with Gasteiger partial charge in [-0.3, -0.25) is 28.9 Å². The number of likely N-dealkylation sites (tertiary alicyclic amines) is 1. The Morgan fingerprint density at radius 2 is 1.91 bits per heavy atom. The third-order valence-electron chi connectivity index (χ3n) is 6.56. The van der Waals surface area contributed by atoms with Crippen LogP contribution >= 0.6 is 0 Å². The Hall–Kier alpha value is -2.84. The molecule has 0 bridgehead atoms. The monoisotopic (exact) mass is 487 g/mol. The molecule has 2 heterocycles. The molecule has 1 spiro atoms. The van der Waals surface area contributed by atoms with Crippen molar-refractivity contribution in [2.24, 2.45) is 11.3 Å². The quantitative estimate of drug-likeness (QED) is 0.534. The van der Waals surface area contributed by atoms with E-state index >= 15 is 0 Å². The SMILES string of the molecule is [C-]#[N+][C@@H]1C[C@@]2(CC(CC)NC2=O)CN1C(=O)[C@H](CC(C)C)N(C)C(=O)[C@H](C)NC(=O)C(F)(F)F. The van der Waals surface area contributed by atoms with E-state index in [0.717, 1.165) is 18.2 Å². The van der Waals surface area contributed by atoms with Crippen molar-refractivity contribution in [2.75, 3.05) is 13.6 Å². The molecule has 0 aromatic heterocycles. The topological polar surface area (TPSA) is 103 Å². The Morgan fingerprint density at radius 1 is 1.29 bits per heavy atom. The zero-order valence-electron chi connectivity index (χ0n) is 20.0. The van der Waals surface area contributed by atoms with Crippen molar-refractivity contribution in [2.45, 2.75) is 83.8 Å². The molecule has 34 heavy (non-hydrogen) atoms. The lowest BCUT2D eigenvalue weighted by Gasteiger charge is -2.33. The van der Waals surface area contributed by atoms with Gasteiger partial charge in [-0.25, -0.2) is 6.57 Å². The van der Waals surface area contributed by atoms with Gasteiger partial charge in [0.25, 0.3) is 5.91 Å². The predicted octanol–water partition coefficient (Wildman–Crippen LogP) is 1.69. The van der Waals surface area contributed by atoms with E-state index in [-0.39, 0.29) is 37.3 Å². The van der Waals surface area contributed by atoms with E-state index in [4.69, 9.17) is 6.57 Å². The number of amides is 4. The van der Waals surface area contributed by atoms with Gasteiger partial charge in [-0.1, -0.05) is 20.8 Å². The second kappa shape index (κ2) is 10.2. The number of halogens is 3. The van der Waals surface area contributed by atoms with E-state index in [2.05, 4.69) is 10.2 Å². The van der Waals surface area contributed by atoms with Gasteiger partial charge >= 0.3 is 18.2 Å². The first-order valence-corrected chi connectivity index (χ1v) is 11.3. The molecule has 2 aliphatic heterocycles. The average molecular weight is 488 g/mol. The second-order valence-electron chi connectivity index (χ2n) is 9.63. The number of likely N-dealkylation sites (N-methyl/N-ethyl adjacent to an activating group) is 1. The first-order chi connectivity index (χ1) is 15.7. The van der Waals surface area contributed by atoms with Gasteiger partial charge in [0.15, 0.2) is 0 Å². The van der Waals surface area contributed by atoms with Crippen molar-refractivity contribution >= 4 is 23.6 Å². The van der Waals surface area contributed by atoms with Crippen LogP contribution in [0.25, 0.3) is 4.85 Å². The van der Waals surface area contributed by atoms with Crippen molar-refractivity contribution in [3.63, 3.8) is 0 Å². The first kappa shape index (κ1) is 27.4. The molecular weight excluding hydrogens is 455 g/mol. The van der Waals surface area contributed by atoms with E-state index in [0.29, 0.717) is 6.42 Å². The molecule has 12 heteroatoms. The minimum absolute atomic E-state index is 0.0391. The highest BCUT2D eigenvalue weighted by atomic mass is 19.4. The van der Waals surface area contributed by atoms with Gasteiger partial charge in [-0.15, -0.1) is 0 Å². The minimum atomic E-state index is -5.15. The highest BCUT2D eigenvalue weighted by Gasteiger charge is 2.58. The van der Waals surface area contributed by atoms with Crippen LogP contribution in [0.3, 0.4) is 0 Å². The number of carbonyl (C=O) groups is 4. The van der Waals surface area contributed by atoms with Crippen molar-refractivity contribution < 1.29 is 32.3 Å². The summed E-state index contributed by atoms with van der Waals surface area (Å²) in [5.41, 5.74) is -0.871. The molecule has 1 unspecified atom stereocenters. The molecule has 2 rings (SSSR count). The van der Waals surface area contributed by atoms with Gasteiger partial charge in [0.2, 0.25) is 11.8 Å². The van der Waals surface area contributed by atoms with Crippen molar-refractivity contribution in [3.8, 4) is 0 Å². The summed E-state index contributed by atoms with van der Waals surface area (Å²) in [5.74, 6) is -3.91. The maximum absolute atomic E-state index is 13.6. The van der Waals surface area contributed by atoms with Crippen LogP contribution < -0.4 is 10.6 Å². The maximum Gasteiger partial charge on any atom is 0.471 e. The number of carbonyl (C=O) groups excluding carboxylic acids is 4. The normalized spacial score (nSPS) is 26.2. The molecule has 4 amide bonds. The summed E-state index contributed by atoms with van der Waals surface area (Å²) in [6, 6.07) is -2.62. The molecule has 0 saturated carbocycles. The lowest BCUT2D eigenvalue weighted by Crippen LogP contribution is -2.56. The average Bonchev–Trinajstić information content (AvgIpc) is 3.29. The molecule has 0 aliphatic carbocycles. The van der Waals surface area contributed by atoms with Crippen LogP contribution in [0.5, 0.6) is 0 Å². The highest BCUT2D eigenvalue weighted by Crippen LogP contribution is 2.44. The maximum atomic E-state index is 13.6. The van der Waals surface area contributed by atoms with Crippen LogP contribution in [0.15, 0.2) is 0 Å². The molecule has 5 atom stereocenters. The number of nitrogens with one attached hydrogen (secondary N) is 2. The fourth-order valence-electron chi connectivity index (χ4n) is 4.67. The van der Waals surface area contributed by atoms with E-state index in [1.54, 1.807) is 5.32 Å². The summed E-state index contributed by atoms with van der Waals surface area (Å²) >= 11 is 0. The van der Waals surface area contributed by atoms with E-state index in [1.165, 1.54) is 11.9 Å². The van der Waals surface area contributed by atoms with Gasteiger partial charge in [0.05, 0.1) is 11.8 Å². The molecule has 2 aliphatic rings. The second-order valence-corrected chi connectivity index (χ2v) is 9.63. The lowest BCUT2D eigenvalue weighted by molar-refractivity contribution is -0.175. The largest absolute Gasteiger partial charge is 0.471 e. The Labute approximate surface area is 197 Å². The van der Waals surface area contributed by atoms with Gasteiger partial charge in [-0.2, -0.15) is 13.2 Å². The smallest absolute Gasteiger partial charge is 0.353 e. The standard InChI is InChI=1S/C22H32F3N5O4/c1-7-14-9-21(19(33)28-14)10-16(26-5)30(11-21)18(32)15(8-12(2)3)29(6)17(31)13(4)27-20(34)22(23,24)25/h12-16H,7-11H2,1-4,6H3,(H,27,34)(H,28,33)/t13-,14?,15-,16-,21-/m0/s1. The van der Waals surface area contributed by atoms with Crippen molar-refractivity contribution in [1.82, 2.24) is 20.4 Å². The van der Waals surface area contributed by atoms with E-state index in [9.17, 15) is 32.3 Å². The summed E-state index contributed by atoms with van der Waals surface area (Å²) in [7, 11) is 1.29. The van der Waals surface area contributed by atoms with Gasteiger partial charge in [-0.05, 0) is 32.1 Å². The fraction of sp³-hybridized carbons (Fsp3) is 0.773. The van der Waals surface area contributed by atoms with Crippen LogP contribution in [0.2, 0.25) is 0 Å². The van der Waals surface area contributed by atoms with Crippen LogP contribution in [-0.4, -0.2) is 77.5 Å². The number of nitrogens with zero attached hydrogens (tertiary/aromatic N) is 3. The van der Waals surface area contributed by atoms with Gasteiger partial charge in [0.1, 0.15) is 12.1 Å². The van der Waals surface area contributed by atoms with Crippen LogP contribution in [0.4, 0.5) is 13.2 Å². The Bertz CT molecular complexity index is 872. The summed E-state index contributed by atoms with van der Waals surface area (Å²) < 4.78 is 37.8. The van der Waals surface area contributed by atoms with Gasteiger partial charge < -0.3 is 15.5 Å². The molecule has 9 nitrogen and oxygen atoms in total. The molecule has 2 saturated heterocycles. The minimum Gasteiger partial charge on any atom is -0.353 e. The Morgan fingerprint density at radius 3 is 2.38 bits per heavy atom. The molecule has 190 valence electrons. The molecule has 0 aromatic rings. The molecule has 0 radical (unpaired) electrons. The number of hydrogen-bond acceptors (Lipinski definition) is 4. The van der Waals surface area contributed by atoms with Crippen molar-refractivity contribution in [1.29, 1.82) is 0 Å². The van der Waals surface area contributed by atoms with E-state index in [1.807, 2.05) is 20.8 Å².